The predicted molar refractivity (Wildman–Crippen MR) is 82.7 cm³/mol. The van der Waals surface area contributed by atoms with Gasteiger partial charge in [-0.2, -0.15) is 0 Å². The Labute approximate surface area is 129 Å². The summed E-state index contributed by atoms with van der Waals surface area (Å²) < 4.78 is 10.5. The van der Waals surface area contributed by atoms with Crippen LogP contribution in [0.25, 0.3) is 0 Å². The monoisotopic (exact) mass is 307 g/mol. The molecule has 0 aliphatic rings. The van der Waals surface area contributed by atoms with Crippen LogP contribution in [-0.2, 0) is 0 Å². The highest BCUT2D eigenvalue weighted by molar-refractivity contribution is 6.32. The molecule has 0 saturated carbocycles. The molecule has 0 amide bonds. The second-order valence-electron chi connectivity index (χ2n) is 4.57. The number of rotatable bonds is 5. The zero-order chi connectivity index (χ0) is 15.4. The number of pyridine rings is 1. The van der Waals surface area contributed by atoms with Gasteiger partial charge in [-0.15, -0.1) is 0 Å². The molecule has 1 aromatic heterocycles. The third-order valence-electron chi connectivity index (χ3n) is 3.22. The molecule has 1 heterocycles. The Bertz CT molecular complexity index is 617. The van der Waals surface area contributed by atoms with Gasteiger partial charge in [-0.1, -0.05) is 17.7 Å². The highest BCUT2D eigenvalue weighted by Crippen LogP contribution is 2.38. The first-order chi connectivity index (χ1) is 10.1. The lowest BCUT2D eigenvalue weighted by atomic mass is 10.00. The molecule has 1 unspecified atom stereocenters. The second-order valence-corrected chi connectivity index (χ2v) is 4.98. The van der Waals surface area contributed by atoms with Crippen LogP contribution in [0.1, 0.15) is 22.9 Å². The third kappa shape index (κ3) is 3.26. The van der Waals surface area contributed by atoms with Crippen molar-refractivity contribution in [2.24, 2.45) is 5.84 Å². The summed E-state index contributed by atoms with van der Waals surface area (Å²) in [6.45, 7) is 1.93. The van der Waals surface area contributed by atoms with E-state index >= 15 is 0 Å². The van der Waals surface area contributed by atoms with Gasteiger partial charge in [-0.05, 0) is 36.2 Å². The van der Waals surface area contributed by atoms with Gasteiger partial charge < -0.3 is 9.47 Å². The molecule has 0 aliphatic heterocycles. The van der Waals surface area contributed by atoms with E-state index in [4.69, 9.17) is 26.9 Å². The second kappa shape index (κ2) is 6.76. The Balaban J connectivity index is 2.47. The lowest BCUT2D eigenvalue weighted by Gasteiger charge is -2.19. The molecule has 6 heteroatoms. The van der Waals surface area contributed by atoms with Crippen LogP contribution >= 0.6 is 11.6 Å². The van der Waals surface area contributed by atoms with E-state index in [9.17, 15) is 0 Å². The number of nitrogens with zero attached hydrogens (tertiary/aromatic N) is 1. The number of methoxy groups -OCH3 is 2. The van der Waals surface area contributed by atoms with Crippen LogP contribution in [0.2, 0.25) is 5.02 Å². The molecule has 1 aromatic carbocycles. The zero-order valence-electron chi connectivity index (χ0n) is 12.2. The van der Waals surface area contributed by atoms with Crippen molar-refractivity contribution >= 4 is 11.6 Å². The van der Waals surface area contributed by atoms with Gasteiger partial charge in [0.25, 0.3) is 0 Å². The molecular weight excluding hydrogens is 290 g/mol. The number of hydrogen-bond donors (Lipinski definition) is 2. The topological polar surface area (TPSA) is 69.4 Å². The van der Waals surface area contributed by atoms with Crippen LogP contribution in [0.15, 0.2) is 30.5 Å². The molecule has 21 heavy (non-hydrogen) atoms. The van der Waals surface area contributed by atoms with Gasteiger partial charge in [0.05, 0.1) is 25.3 Å². The Kier molecular flexibility index (Phi) is 5.01. The molecule has 0 fully saturated rings. The largest absolute Gasteiger partial charge is 0.493 e. The normalized spacial score (nSPS) is 12.0. The number of aromatic nitrogens is 1. The number of aryl methyl sites for hydroxylation is 1. The highest BCUT2D eigenvalue weighted by atomic mass is 35.5. The molecule has 0 bridgehead atoms. The standard InChI is InChI=1S/C15H18ClN3O2/c1-9-4-5-10(8-18-9)14(19-17)11-6-12(16)15(21-3)13(7-11)20-2/h4-8,14,19H,17H2,1-3H3. The van der Waals surface area contributed by atoms with Crippen molar-refractivity contribution in [1.82, 2.24) is 10.4 Å². The van der Waals surface area contributed by atoms with Gasteiger partial charge in [0.15, 0.2) is 11.5 Å². The molecule has 0 spiro atoms. The summed E-state index contributed by atoms with van der Waals surface area (Å²) in [7, 11) is 3.11. The van der Waals surface area contributed by atoms with Gasteiger partial charge in [-0.3, -0.25) is 10.8 Å². The summed E-state index contributed by atoms with van der Waals surface area (Å²) in [5.41, 5.74) is 5.52. The first kappa shape index (κ1) is 15.6. The number of hydrogen-bond acceptors (Lipinski definition) is 5. The molecule has 0 radical (unpaired) electrons. The summed E-state index contributed by atoms with van der Waals surface area (Å²) in [4.78, 5) is 4.29. The minimum absolute atomic E-state index is 0.240. The van der Waals surface area contributed by atoms with E-state index < -0.39 is 0 Å². The number of halogens is 1. The number of nitrogens with two attached hydrogens (primary N) is 1. The fourth-order valence-corrected chi connectivity index (χ4v) is 2.44. The van der Waals surface area contributed by atoms with Crippen molar-refractivity contribution in [1.29, 1.82) is 0 Å². The predicted octanol–water partition coefficient (Wildman–Crippen LogP) is 2.61. The third-order valence-corrected chi connectivity index (χ3v) is 3.50. The van der Waals surface area contributed by atoms with Crippen molar-refractivity contribution in [2.45, 2.75) is 13.0 Å². The zero-order valence-corrected chi connectivity index (χ0v) is 12.9. The molecule has 1 atom stereocenters. The van der Waals surface area contributed by atoms with Crippen molar-refractivity contribution in [3.8, 4) is 11.5 Å². The van der Waals surface area contributed by atoms with E-state index in [-0.39, 0.29) is 6.04 Å². The number of ether oxygens (including phenoxy) is 2. The van der Waals surface area contributed by atoms with Crippen LogP contribution in [0.4, 0.5) is 0 Å². The van der Waals surface area contributed by atoms with E-state index in [0.29, 0.717) is 16.5 Å². The van der Waals surface area contributed by atoms with Gasteiger partial charge in [-0.25, -0.2) is 5.43 Å². The van der Waals surface area contributed by atoms with Gasteiger partial charge in [0.2, 0.25) is 0 Å². The average molecular weight is 308 g/mol. The average Bonchev–Trinajstić information content (AvgIpc) is 2.49. The summed E-state index contributed by atoms with van der Waals surface area (Å²) >= 11 is 6.24. The summed E-state index contributed by atoms with van der Waals surface area (Å²) in [5.74, 6) is 6.75. The van der Waals surface area contributed by atoms with E-state index in [1.165, 1.54) is 0 Å². The molecule has 0 saturated heterocycles. The van der Waals surface area contributed by atoms with Crippen LogP contribution in [0, 0.1) is 6.92 Å². The Morgan fingerprint density at radius 2 is 1.95 bits per heavy atom. The van der Waals surface area contributed by atoms with Gasteiger partial charge in [0, 0.05) is 11.9 Å². The minimum Gasteiger partial charge on any atom is -0.493 e. The summed E-state index contributed by atoms with van der Waals surface area (Å²) in [5, 5.41) is 0.465. The van der Waals surface area contributed by atoms with Crippen molar-refractivity contribution in [2.75, 3.05) is 14.2 Å². The molecule has 2 aromatic rings. The maximum absolute atomic E-state index is 6.24. The maximum Gasteiger partial charge on any atom is 0.179 e. The summed E-state index contributed by atoms with van der Waals surface area (Å²) in [6, 6.07) is 7.30. The Morgan fingerprint density at radius 3 is 2.48 bits per heavy atom. The van der Waals surface area contributed by atoms with E-state index in [2.05, 4.69) is 10.4 Å². The number of nitrogens with one attached hydrogen (secondary N) is 1. The number of benzene rings is 1. The Hall–Kier alpha value is -1.82. The Morgan fingerprint density at radius 1 is 1.19 bits per heavy atom. The molecular formula is C15H18ClN3O2. The maximum atomic E-state index is 6.24. The van der Waals surface area contributed by atoms with Gasteiger partial charge >= 0.3 is 0 Å². The van der Waals surface area contributed by atoms with Crippen molar-refractivity contribution < 1.29 is 9.47 Å². The van der Waals surface area contributed by atoms with Gasteiger partial charge in [0.1, 0.15) is 0 Å². The van der Waals surface area contributed by atoms with E-state index in [1.54, 1.807) is 26.5 Å². The quantitative estimate of drug-likeness (QED) is 0.656. The molecule has 0 aliphatic carbocycles. The highest BCUT2D eigenvalue weighted by Gasteiger charge is 2.18. The van der Waals surface area contributed by atoms with E-state index in [1.807, 2.05) is 25.1 Å². The fourth-order valence-electron chi connectivity index (χ4n) is 2.14. The lowest BCUT2D eigenvalue weighted by Crippen LogP contribution is -2.29. The smallest absolute Gasteiger partial charge is 0.179 e. The molecule has 112 valence electrons. The molecule has 5 nitrogen and oxygen atoms in total. The van der Waals surface area contributed by atoms with Crippen LogP contribution < -0.4 is 20.7 Å². The van der Waals surface area contributed by atoms with Crippen LogP contribution in [0.3, 0.4) is 0 Å². The summed E-state index contributed by atoms with van der Waals surface area (Å²) in [6.07, 6.45) is 1.78. The van der Waals surface area contributed by atoms with E-state index in [0.717, 1.165) is 16.8 Å². The van der Waals surface area contributed by atoms with Crippen LogP contribution in [0.5, 0.6) is 11.5 Å². The minimum atomic E-state index is -0.240. The van der Waals surface area contributed by atoms with Crippen LogP contribution in [-0.4, -0.2) is 19.2 Å². The molecule has 2 rings (SSSR count). The van der Waals surface area contributed by atoms with Crippen molar-refractivity contribution in [3.63, 3.8) is 0 Å². The van der Waals surface area contributed by atoms with Crippen molar-refractivity contribution in [3.05, 3.63) is 52.3 Å². The SMILES string of the molecule is COc1cc(C(NN)c2ccc(C)nc2)cc(Cl)c1OC. The fraction of sp³-hybridized carbons (Fsp3) is 0.267. The molecule has 3 N–H and O–H groups in total. The first-order valence-corrected chi connectivity index (χ1v) is 6.78. The number of hydrazine groups is 1. The lowest BCUT2D eigenvalue weighted by molar-refractivity contribution is 0.354. The first-order valence-electron chi connectivity index (χ1n) is 6.40.